The Morgan fingerprint density at radius 1 is 1.19 bits per heavy atom. The van der Waals surface area contributed by atoms with Gasteiger partial charge in [-0.3, -0.25) is 4.68 Å². The molecule has 7 heteroatoms. The fraction of sp³-hybridized carbons (Fsp3) is 0.316. The van der Waals surface area contributed by atoms with Crippen molar-refractivity contribution in [2.75, 3.05) is 5.32 Å². The van der Waals surface area contributed by atoms with Gasteiger partial charge in [0, 0.05) is 35.6 Å². The van der Waals surface area contributed by atoms with Crippen LogP contribution in [0, 0.1) is 5.92 Å². The normalized spacial score (nSPS) is 22.5. The van der Waals surface area contributed by atoms with E-state index in [4.69, 9.17) is 11.6 Å². The van der Waals surface area contributed by atoms with Gasteiger partial charge in [0.1, 0.15) is 12.1 Å². The summed E-state index contributed by atoms with van der Waals surface area (Å²) < 4.78 is 1.92. The number of hydrogen-bond donors (Lipinski definition) is 2. The summed E-state index contributed by atoms with van der Waals surface area (Å²) in [7, 11) is 0. The Hall–Kier alpha value is -2.44. The van der Waals surface area contributed by atoms with Crippen molar-refractivity contribution >= 4 is 17.4 Å². The minimum Gasteiger partial charge on any atom is -0.391 e. The molecular formula is C19H20ClN5O. The van der Waals surface area contributed by atoms with Gasteiger partial charge in [0.15, 0.2) is 0 Å². The summed E-state index contributed by atoms with van der Waals surface area (Å²) in [5.41, 5.74) is 1.73. The smallest absolute Gasteiger partial charge is 0.130 e. The lowest BCUT2D eigenvalue weighted by Crippen LogP contribution is -2.28. The van der Waals surface area contributed by atoms with Gasteiger partial charge in [0.25, 0.3) is 0 Å². The lowest BCUT2D eigenvalue weighted by atomic mass is 10.1. The highest BCUT2D eigenvalue weighted by Gasteiger charge is 2.33. The molecule has 4 rings (SSSR count). The predicted octanol–water partition coefficient (Wildman–Crippen LogP) is 3.25. The standard InChI is InChI=1S/C19H20ClN5O/c20-15-4-1-3-14(9-15)16-10-19(22-12-21-16)24-17-7-13(8-18(17)26)11-25-6-2-5-23-25/h1-6,9-10,12-13,17-18,26H,7-8,11H2,(H,21,22,24)/t13?,17-,18-/m1/s1. The van der Waals surface area contributed by atoms with Crippen LogP contribution in [0.3, 0.4) is 0 Å². The van der Waals surface area contributed by atoms with Crippen molar-refractivity contribution < 1.29 is 5.11 Å². The van der Waals surface area contributed by atoms with Crippen LogP contribution < -0.4 is 5.32 Å². The third-order valence-electron chi connectivity index (χ3n) is 4.75. The number of aliphatic hydroxyl groups excluding tert-OH is 1. The molecule has 0 radical (unpaired) electrons. The zero-order valence-corrected chi connectivity index (χ0v) is 14.9. The van der Waals surface area contributed by atoms with E-state index in [2.05, 4.69) is 20.4 Å². The molecule has 3 aromatic rings. The van der Waals surface area contributed by atoms with Crippen molar-refractivity contribution in [3.63, 3.8) is 0 Å². The van der Waals surface area contributed by atoms with E-state index < -0.39 is 6.10 Å². The van der Waals surface area contributed by atoms with Gasteiger partial charge in [-0.25, -0.2) is 9.97 Å². The van der Waals surface area contributed by atoms with Crippen LogP contribution in [0.2, 0.25) is 5.02 Å². The number of benzene rings is 1. The molecule has 1 saturated carbocycles. The number of nitrogens with one attached hydrogen (secondary N) is 1. The number of hydrogen-bond acceptors (Lipinski definition) is 5. The lowest BCUT2D eigenvalue weighted by Gasteiger charge is -2.17. The van der Waals surface area contributed by atoms with Crippen LogP contribution in [0.15, 0.2) is 55.1 Å². The largest absolute Gasteiger partial charge is 0.391 e. The maximum absolute atomic E-state index is 10.4. The van der Waals surface area contributed by atoms with E-state index >= 15 is 0 Å². The Balaban J connectivity index is 1.45. The number of anilines is 1. The number of aliphatic hydroxyl groups is 1. The SMILES string of the molecule is O[C@@H]1CC(Cn2cccn2)C[C@H]1Nc1cc(-c2cccc(Cl)c2)ncn1. The zero-order chi connectivity index (χ0) is 17.9. The van der Waals surface area contributed by atoms with Gasteiger partial charge >= 0.3 is 0 Å². The van der Waals surface area contributed by atoms with Gasteiger partial charge in [-0.05, 0) is 37.0 Å². The lowest BCUT2D eigenvalue weighted by molar-refractivity contribution is 0.166. The molecule has 2 aromatic heterocycles. The monoisotopic (exact) mass is 369 g/mol. The molecule has 1 unspecified atom stereocenters. The van der Waals surface area contributed by atoms with Gasteiger partial charge in [0.05, 0.1) is 17.8 Å². The van der Waals surface area contributed by atoms with Gasteiger partial charge in [-0.1, -0.05) is 23.7 Å². The first-order valence-corrected chi connectivity index (χ1v) is 9.05. The second-order valence-corrected chi connectivity index (χ2v) is 7.12. The Morgan fingerprint density at radius 3 is 2.92 bits per heavy atom. The Labute approximate surface area is 156 Å². The Bertz CT molecular complexity index is 870. The van der Waals surface area contributed by atoms with Crippen LogP contribution in [-0.4, -0.2) is 37.0 Å². The maximum Gasteiger partial charge on any atom is 0.130 e. The summed E-state index contributed by atoms with van der Waals surface area (Å²) in [6.45, 7) is 0.819. The molecule has 1 aliphatic carbocycles. The van der Waals surface area contributed by atoms with Crippen molar-refractivity contribution in [3.05, 3.63) is 60.1 Å². The first-order valence-electron chi connectivity index (χ1n) is 8.67. The maximum atomic E-state index is 10.4. The van der Waals surface area contributed by atoms with Crippen LogP contribution in [0.5, 0.6) is 0 Å². The van der Waals surface area contributed by atoms with Gasteiger partial charge in [-0.2, -0.15) is 5.10 Å². The van der Waals surface area contributed by atoms with E-state index in [0.29, 0.717) is 16.8 Å². The van der Waals surface area contributed by atoms with E-state index in [9.17, 15) is 5.11 Å². The molecule has 0 bridgehead atoms. The van der Waals surface area contributed by atoms with E-state index in [1.54, 1.807) is 6.20 Å². The molecule has 2 N–H and O–H groups in total. The fourth-order valence-corrected chi connectivity index (χ4v) is 3.72. The second kappa shape index (κ2) is 7.43. The van der Waals surface area contributed by atoms with Crippen LogP contribution >= 0.6 is 11.6 Å². The van der Waals surface area contributed by atoms with Crippen molar-refractivity contribution in [2.45, 2.75) is 31.5 Å². The molecule has 0 spiro atoms. The minimum atomic E-state index is -0.403. The molecule has 1 aromatic carbocycles. The molecule has 26 heavy (non-hydrogen) atoms. The number of aromatic nitrogens is 4. The predicted molar refractivity (Wildman–Crippen MR) is 101 cm³/mol. The molecule has 0 saturated heterocycles. The van der Waals surface area contributed by atoms with Crippen molar-refractivity contribution in [1.82, 2.24) is 19.7 Å². The Kier molecular flexibility index (Phi) is 4.86. The average Bonchev–Trinajstić information content (AvgIpc) is 3.26. The summed E-state index contributed by atoms with van der Waals surface area (Å²) in [6.07, 6.45) is 6.48. The first-order chi connectivity index (χ1) is 12.7. The van der Waals surface area contributed by atoms with Crippen molar-refractivity contribution in [2.24, 2.45) is 5.92 Å². The topological polar surface area (TPSA) is 75.9 Å². The average molecular weight is 370 g/mol. The highest BCUT2D eigenvalue weighted by Crippen LogP contribution is 2.30. The van der Waals surface area contributed by atoms with Gasteiger partial charge < -0.3 is 10.4 Å². The molecule has 3 atom stereocenters. The highest BCUT2D eigenvalue weighted by molar-refractivity contribution is 6.30. The zero-order valence-electron chi connectivity index (χ0n) is 14.2. The third kappa shape index (κ3) is 3.86. The fourth-order valence-electron chi connectivity index (χ4n) is 3.53. The van der Waals surface area contributed by atoms with Crippen molar-refractivity contribution in [1.29, 1.82) is 0 Å². The van der Waals surface area contributed by atoms with Crippen LogP contribution in [0.25, 0.3) is 11.3 Å². The Morgan fingerprint density at radius 2 is 2.12 bits per heavy atom. The summed E-state index contributed by atoms with van der Waals surface area (Å²) in [5, 5.41) is 18.7. The van der Waals surface area contributed by atoms with Gasteiger partial charge in [0.2, 0.25) is 0 Å². The highest BCUT2D eigenvalue weighted by atomic mass is 35.5. The molecule has 1 aliphatic rings. The molecule has 0 aliphatic heterocycles. The number of nitrogens with zero attached hydrogens (tertiary/aromatic N) is 4. The summed E-state index contributed by atoms with van der Waals surface area (Å²) >= 11 is 6.07. The van der Waals surface area contributed by atoms with Crippen LogP contribution in [0.1, 0.15) is 12.8 Å². The van der Waals surface area contributed by atoms with Crippen LogP contribution in [0.4, 0.5) is 5.82 Å². The third-order valence-corrected chi connectivity index (χ3v) is 4.99. The number of rotatable bonds is 5. The molecule has 134 valence electrons. The minimum absolute atomic E-state index is 0.0299. The molecule has 6 nitrogen and oxygen atoms in total. The van der Waals surface area contributed by atoms with Gasteiger partial charge in [-0.15, -0.1) is 0 Å². The van der Waals surface area contributed by atoms with E-state index in [1.807, 2.05) is 47.3 Å². The van der Waals surface area contributed by atoms with E-state index in [1.165, 1.54) is 6.33 Å². The van der Waals surface area contributed by atoms with Crippen molar-refractivity contribution in [3.8, 4) is 11.3 Å². The summed E-state index contributed by atoms with van der Waals surface area (Å²) in [6, 6.07) is 11.3. The summed E-state index contributed by atoms with van der Waals surface area (Å²) in [4.78, 5) is 8.63. The van der Waals surface area contributed by atoms with E-state index in [0.717, 1.165) is 30.6 Å². The van der Waals surface area contributed by atoms with E-state index in [-0.39, 0.29) is 6.04 Å². The molecular weight excluding hydrogens is 350 g/mol. The second-order valence-electron chi connectivity index (χ2n) is 6.68. The quantitative estimate of drug-likeness (QED) is 0.722. The molecule has 2 heterocycles. The molecule has 1 fully saturated rings. The molecule has 0 amide bonds. The van der Waals surface area contributed by atoms with Crippen LogP contribution in [-0.2, 0) is 6.54 Å². The first kappa shape index (κ1) is 17.0. The summed E-state index contributed by atoms with van der Waals surface area (Å²) in [5.74, 6) is 1.09. The number of halogens is 1.